The molecular formula is C22H25N3O3. The molecular weight excluding hydrogens is 354 g/mol. The predicted octanol–water partition coefficient (Wildman–Crippen LogP) is 4.44. The van der Waals surface area contributed by atoms with Gasteiger partial charge in [-0.1, -0.05) is 12.1 Å². The highest BCUT2D eigenvalue weighted by atomic mass is 16.5. The SMILES string of the molecule is CCOc1ccc2oc(C(=O)N/N=C/c3ccc(N(CC)CC)cc3)cc2c1. The van der Waals surface area contributed by atoms with Crippen molar-refractivity contribution in [2.75, 3.05) is 24.6 Å². The third-order valence-corrected chi connectivity index (χ3v) is 4.42. The summed E-state index contributed by atoms with van der Waals surface area (Å²) in [6, 6.07) is 15.2. The Labute approximate surface area is 164 Å². The summed E-state index contributed by atoms with van der Waals surface area (Å²) < 4.78 is 11.1. The molecule has 1 heterocycles. The lowest BCUT2D eigenvalue weighted by molar-refractivity contribution is 0.0929. The second-order valence-corrected chi connectivity index (χ2v) is 6.21. The number of carbonyl (C=O) groups is 1. The van der Waals surface area contributed by atoms with Gasteiger partial charge in [0, 0.05) is 24.2 Å². The lowest BCUT2D eigenvalue weighted by atomic mass is 10.2. The van der Waals surface area contributed by atoms with Crippen LogP contribution in [0.5, 0.6) is 5.75 Å². The molecule has 146 valence electrons. The first-order valence-electron chi connectivity index (χ1n) is 9.49. The van der Waals surface area contributed by atoms with E-state index in [0.717, 1.165) is 29.8 Å². The fourth-order valence-electron chi connectivity index (χ4n) is 2.97. The standard InChI is InChI=1S/C22H25N3O3/c1-4-25(5-2)18-9-7-16(8-10-18)15-23-24-22(26)21-14-17-13-19(27-6-3)11-12-20(17)28-21/h7-15H,4-6H2,1-3H3,(H,24,26)/b23-15+. The van der Waals surface area contributed by atoms with Gasteiger partial charge in [-0.2, -0.15) is 5.10 Å². The number of ether oxygens (including phenoxy) is 1. The minimum atomic E-state index is -0.398. The normalized spacial score (nSPS) is 11.1. The molecule has 3 rings (SSSR count). The van der Waals surface area contributed by atoms with Gasteiger partial charge in [-0.25, -0.2) is 5.43 Å². The quantitative estimate of drug-likeness (QED) is 0.464. The third-order valence-electron chi connectivity index (χ3n) is 4.42. The molecule has 0 aliphatic rings. The first-order valence-corrected chi connectivity index (χ1v) is 9.49. The van der Waals surface area contributed by atoms with E-state index in [1.54, 1.807) is 18.3 Å². The number of nitrogens with zero attached hydrogens (tertiary/aromatic N) is 2. The topological polar surface area (TPSA) is 67.1 Å². The molecule has 28 heavy (non-hydrogen) atoms. The summed E-state index contributed by atoms with van der Waals surface area (Å²) in [5, 5.41) is 4.84. The van der Waals surface area contributed by atoms with Crippen molar-refractivity contribution in [1.82, 2.24) is 5.43 Å². The van der Waals surface area contributed by atoms with E-state index in [0.29, 0.717) is 12.2 Å². The Hall–Kier alpha value is -3.28. The van der Waals surface area contributed by atoms with Crippen LogP contribution < -0.4 is 15.1 Å². The number of rotatable bonds is 8. The molecule has 0 radical (unpaired) electrons. The van der Waals surface area contributed by atoms with Gasteiger partial charge in [0.05, 0.1) is 12.8 Å². The molecule has 0 aliphatic heterocycles. The van der Waals surface area contributed by atoms with Gasteiger partial charge in [0.2, 0.25) is 0 Å². The van der Waals surface area contributed by atoms with Crippen molar-refractivity contribution >= 4 is 28.8 Å². The van der Waals surface area contributed by atoms with Crippen molar-refractivity contribution in [1.29, 1.82) is 0 Å². The van der Waals surface area contributed by atoms with Crippen LogP contribution in [0, 0.1) is 0 Å². The second kappa shape index (κ2) is 9.08. The molecule has 0 spiro atoms. The molecule has 1 amide bonds. The van der Waals surface area contributed by atoms with Crippen LogP contribution in [-0.4, -0.2) is 31.8 Å². The van der Waals surface area contributed by atoms with E-state index >= 15 is 0 Å². The molecule has 6 heteroatoms. The van der Waals surface area contributed by atoms with Gasteiger partial charge < -0.3 is 14.1 Å². The third kappa shape index (κ3) is 4.52. The molecule has 6 nitrogen and oxygen atoms in total. The van der Waals surface area contributed by atoms with Crippen molar-refractivity contribution in [3.63, 3.8) is 0 Å². The van der Waals surface area contributed by atoms with Crippen LogP contribution in [0.4, 0.5) is 5.69 Å². The van der Waals surface area contributed by atoms with Crippen LogP contribution in [-0.2, 0) is 0 Å². The zero-order chi connectivity index (χ0) is 19.9. The number of hydrogen-bond acceptors (Lipinski definition) is 5. The van der Waals surface area contributed by atoms with Gasteiger partial charge in [-0.15, -0.1) is 0 Å². The van der Waals surface area contributed by atoms with E-state index in [1.807, 2.05) is 43.3 Å². The first-order chi connectivity index (χ1) is 13.6. The minimum absolute atomic E-state index is 0.206. The summed E-state index contributed by atoms with van der Waals surface area (Å²) in [7, 11) is 0. The summed E-state index contributed by atoms with van der Waals surface area (Å²) in [6.07, 6.45) is 1.61. The van der Waals surface area contributed by atoms with Gasteiger partial charge >= 0.3 is 5.91 Å². The zero-order valence-corrected chi connectivity index (χ0v) is 16.4. The van der Waals surface area contributed by atoms with E-state index in [2.05, 4.69) is 29.3 Å². The van der Waals surface area contributed by atoms with E-state index in [1.165, 1.54) is 5.69 Å². The van der Waals surface area contributed by atoms with Crippen LogP contribution in [0.3, 0.4) is 0 Å². The molecule has 0 atom stereocenters. The summed E-state index contributed by atoms with van der Waals surface area (Å²) in [6.45, 7) is 8.69. The Kier molecular flexibility index (Phi) is 6.32. The monoisotopic (exact) mass is 379 g/mol. The molecule has 0 unspecified atom stereocenters. The average molecular weight is 379 g/mol. The molecule has 0 aliphatic carbocycles. The van der Waals surface area contributed by atoms with E-state index < -0.39 is 5.91 Å². The second-order valence-electron chi connectivity index (χ2n) is 6.21. The summed E-state index contributed by atoms with van der Waals surface area (Å²) in [5.41, 5.74) is 5.20. The van der Waals surface area contributed by atoms with Gasteiger partial charge in [-0.05, 0) is 62.7 Å². The highest BCUT2D eigenvalue weighted by Crippen LogP contribution is 2.24. The molecule has 3 aromatic rings. The molecule has 0 fully saturated rings. The summed E-state index contributed by atoms with van der Waals surface area (Å²) in [5.74, 6) is 0.553. The molecule has 1 N–H and O–H groups in total. The number of hydrogen-bond donors (Lipinski definition) is 1. The van der Waals surface area contributed by atoms with Crippen LogP contribution in [0.2, 0.25) is 0 Å². The van der Waals surface area contributed by atoms with Crippen LogP contribution in [0.1, 0.15) is 36.9 Å². The molecule has 1 aromatic heterocycles. The Morgan fingerprint density at radius 2 is 1.86 bits per heavy atom. The van der Waals surface area contributed by atoms with Crippen LogP contribution >= 0.6 is 0 Å². The Morgan fingerprint density at radius 3 is 2.54 bits per heavy atom. The van der Waals surface area contributed by atoms with Gasteiger partial charge in [0.15, 0.2) is 5.76 Å². The number of nitrogens with one attached hydrogen (secondary N) is 1. The zero-order valence-electron chi connectivity index (χ0n) is 16.4. The number of carbonyl (C=O) groups excluding carboxylic acids is 1. The highest BCUT2D eigenvalue weighted by Gasteiger charge is 2.12. The van der Waals surface area contributed by atoms with Crippen LogP contribution in [0.25, 0.3) is 11.0 Å². The lowest BCUT2D eigenvalue weighted by Crippen LogP contribution is -2.21. The maximum atomic E-state index is 12.3. The Bertz CT molecular complexity index is 957. The Morgan fingerprint density at radius 1 is 1.11 bits per heavy atom. The van der Waals surface area contributed by atoms with Crippen molar-refractivity contribution in [2.24, 2.45) is 5.10 Å². The van der Waals surface area contributed by atoms with Gasteiger partial charge in [0.1, 0.15) is 11.3 Å². The average Bonchev–Trinajstić information content (AvgIpc) is 3.14. The summed E-state index contributed by atoms with van der Waals surface area (Å²) in [4.78, 5) is 14.5. The molecule has 2 aromatic carbocycles. The minimum Gasteiger partial charge on any atom is -0.494 e. The fraction of sp³-hybridized carbons (Fsp3) is 0.273. The van der Waals surface area contributed by atoms with Crippen LogP contribution in [0.15, 0.2) is 58.0 Å². The Balaban J connectivity index is 1.64. The van der Waals surface area contributed by atoms with E-state index in [-0.39, 0.29) is 5.76 Å². The number of benzene rings is 2. The van der Waals surface area contributed by atoms with Crippen molar-refractivity contribution in [3.05, 3.63) is 59.9 Å². The smallest absolute Gasteiger partial charge is 0.307 e. The highest BCUT2D eigenvalue weighted by molar-refractivity contribution is 5.96. The number of hydrazone groups is 1. The number of fused-ring (bicyclic) bond motifs is 1. The molecule has 0 saturated heterocycles. The van der Waals surface area contributed by atoms with Crippen molar-refractivity contribution < 1.29 is 13.9 Å². The molecule has 0 saturated carbocycles. The predicted molar refractivity (Wildman–Crippen MR) is 112 cm³/mol. The molecule has 0 bridgehead atoms. The summed E-state index contributed by atoms with van der Waals surface area (Å²) >= 11 is 0. The largest absolute Gasteiger partial charge is 0.494 e. The number of furan rings is 1. The van der Waals surface area contributed by atoms with Gasteiger partial charge in [-0.3, -0.25) is 4.79 Å². The maximum Gasteiger partial charge on any atom is 0.307 e. The maximum absolute atomic E-state index is 12.3. The fourth-order valence-corrected chi connectivity index (χ4v) is 2.97. The van der Waals surface area contributed by atoms with Gasteiger partial charge in [0.25, 0.3) is 0 Å². The number of anilines is 1. The van der Waals surface area contributed by atoms with Crippen molar-refractivity contribution in [2.45, 2.75) is 20.8 Å². The number of amides is 1. The van der Waals surface area contributed by atoms with E-state index in [4.69, 9.17) is 9.15 Å². The van der Waals surface area contributed by atoms with E-state index in [9.17, 15) is 4.79 Å². The first kappa shape index (κ1) is 19.5. The lowest BCUT2D eigenvalue weighted by Gasteiger charge is -2.20. The van der Waals surface area contributed by atoms with Crippen molar-refractivity contribution in [3.8, 4) is 5.75 Å².